The van der Waals surface area contributed by atoms with Crippen LogP contribution in [0.15, 0.2) is 60.7 Å². The second-order valence-corrected chi connectivity index (χ2v) is 18.6. The fraction of sp³-hybridized carbons (Fsp3) is 0.478. The van der Waals surface area contributed by atoms with E-state index < -0.39 is 17.4 Å². The van der Waals surface area contributed by atoms with Crippen molar-refractivity contribution in [2.24, 2.45) is 16.7 Å². The third-order valence-electron chi connectivity index (χ3n) is 13.7. The molecule has 1 aliphatic carbocycles. The molecule has 3 aromatic carbocycles. The Bertz CT molecular complexity index is 2290. The van der Waals surface area contributed by atoms with E-state index in [0.717, 1.165) is 75.6 Å². The lowest BCUT2D eigenvalue weighted by molar-refractivity contribution is -0.164. The Labute approximate surface area is 356 Å². The summed E-state index contributed by atoms with van der Waals surface area (Å²) in [5.74, 6) is -0.423. The molecule has 14 heteroatoms. The van der Waals surface area contributed by atoms with E-state index in [0.29, 0.717) is 33.4 Å². The van der Waals surface area contributed by atoms with Crippen LogP contribution in [-0.2, 0) is 16.1 Å². The van der Waals surface area contributed by atoms with Crippen molar-refractivity contribution in [3.8, 4) is 17.9 Å². The smallest absolute Gasteiger partial charge is 0.267 e. The standard InChI is InChI=1S/C46H51ClN8O5/c1-44(2)41(45(3,4)42(44)60-35-12-8-31(25-48)37(47)24-35)51-39(57)30-5-9-33(10-6-30)53-17-14-29(15-18-53)26-52-19-21-54(22-20-52)34-11-7-32-27-55(40(58)36(32)23-34)46(28-49)16-13-38(56)50-43(46)59/h5-12,23-24,29,41-42H,13-22,26-27H2,1-4H3,(H,51,57)(H,50,56,59)/t41?,42?,46-/m1/s1. The number of carbonyl (C=O) groups excluding carboxylic acids is 4. The zero-order chi connectivity index (χ0) is 42.6. The summed E-state index contributed by atoms with van der Waals surface area (Å²) >= 11 is 6.26. The van der Waals surface area contributed by atoms with Gasteiger partial charge in [0.05, 0.1) is 10.6 Å². The number of hydrogen-bond donors (Lipinski definition) is 2. The van der Waals surface area contributed by atoms with Gasteiger partial charge >= 0.3 is 0 Å². The molecule has 312 valence electrons. The molecule has 1 atom stereocenters. The summed E-state index contributed by atoms with van der Waals surface area (Å²) in [6.07, 6.45) is 2.01. The lowest BCUT2D eigenvalue weighted by Crippen LogP contribution is -2.74. The number of amides is 4. The van der Waals surface area contributed by atoms with Crippen LogP contribution >= 0.6 is 11.6 Å². The topological polar surface area (TPSA) is 162 Å². The van der Waals surface area contributed by atoms with E-state index >= 15 is 0 Å². The van der Waals surface area contributed by atoms with Gasteiger partial charge in [0.2, 0.25) is 11.4 Å². The number of halogens is 1. The molecule has 4 aliphatic heterocycles. The fourth-order valence-electron chi connectivity index (χ4n) is 10.5. The number of imide groups is 1. The molecule has 3 saturated heterocycles. The van der Waals surface area contributed by atoms with Crippen molar-refractivity contribution in [2.75, 3.05) is 55.6 Å². The Hall–Kier alpha value is -5.63. The van der Waals surface area contributed by atoms with Crippen LogP contribution in [0.2, 0.25) is 5.02 Å². The molecule has 1 saturated carbocycles. The second kappa shape index (κ2) is 15.8. The Morgan fingerprint density at radius 2 is 1.55 bits per heavy atom. The molecule has 4 fully saturated rings. The van der Waals surface area contributed by atoms with E-state index in [1.807, 2.05) is 48.5 Å². The number of nitrogens with one attached hydrogen (secondary N) is 2. The first-order valence-corrected chi connectivity index (χ1v) is 21.2. The third kappa shape index (κ3) is 7.32. The predicted octanol–water partition coefficient (Wildman–Crippen LogP) is 5.52. The van der Waals surface area contributed by atoms with Crippen LogP contribution in [0.4, 0.5) is 11.4 Å². The van der Waals surface area contributed by atoms with Crippen LogP contribution in [0.25, 0.3) is 0 Å². The van der Waals surface area contributed by atoms with Gasteiger partial charge in [-0.15, -0.1) is 0 Å². The van der Waals surface area contributed by atoms with E-state index in [4.69, 9.17) is 16.3 Å². The van der Waals surface area contributed by atoms with Crippen molar-refractivity contribution >= 4 is 46.6 Å². The van der Waals surface area contributed by atoms with Gasteiger partial charge in [-0.1, -0.05) is 45.4 Å². The summed E-state index contributed by atoms with van der Waals surface area (Å²) in [4.78, 5) is 60.2. The largest absolute Gasteiger partial charge is 0.489 e. The number of hydrogen-bond acceptors (Lipinski definition) is 10. The molecule has 13 nitrogen and oxygen atoms in total. The number of carbonyl (C=O) groups is 4. The van der Waals surface area contributed by atoms with E-state index in [1.165, 1.54) is 4.90 Å². The maximum atomic E-state index is 13.6. The highest BCUT2D eigenvalue weighted by molar-refractivity contribution is 6.31. The average molecular weight is 831 g/mol. The maximum Gasteiger partial charge on any atom is 0.267 e. The van der Waals surface area contributed by atoms with Gasteiger partial charge in [-0.05, 0) is 72.9 Å². The van der Waals surface area contributed by atoms with Crippen LogP contribution in [0.3, 0.4) is 0 Å². The Morgan fingerprint density at radius 1 is 0.883 bits per heavy atom. The molecule has 3 aromatic rings. The molecule has 60 heavy (non-hydrogen) atoms. The van der Waals surface area contributed by atoms with Gasteiger partial charge in [-0.3, -0.25) is 29.4 Å². The minimum absolute atomic E-state index is 0.00668. The number of ether oxygens (including phenoxy) is 1. The van der Waals surface area contributed by atoms with Gasteiger partial charge in [-0.25, -0.2) is 0 Å². The van der Waals surface area contributed by atoms with E-state index in [2.05, 4.69) is 59.1 Å². The van der Waals surface area contributed by atoms with E-state index in [1.54, 1.807) is 18.2 Å². The quantitative estimate of drug-likeness (QED) is 0.263. The highest BCUT2D eigenvalue weighted by atomic mass is 35.5. The number of piperazine rings is 1. The van der Waals surface area contributed by atoms with Gasteiger partial charge in [0.25, 0.3) is 17.7 Å². The van der Waals surface area contributed by atoms with Gasteiger partial charge in [0, 0.05) is 111 Å². The van der Waals surface area contributed by atoms with Crippen LogP contribution in [0, 0.1) is 39.4 Å². The van der Waals surface area contributed by atoms with Gasteiger partial charge in [-0.2, -0.15) is 10.5 Å². The van der Waals surface area contributed by atoms with Gasteiger partial charge < -0.3 is 24.8 Å². The summed E-state index contributed by atoms with van der Waals surface area (Å²) in [6.45, 7) is 15.0. The molecule has 0 radical (unpaired) electrons. The molecule has 8 rings (SSSR count). The zero-order valence-corrected chi connectivity index (χ0v) is 35.3. The van der Waals surface area contributed by atoms with Crippen molar-refractivity contribution < 1.29 is 23.9 Å². The van der Waals surface area contributed by atoms with Gasteiger partial charge in [0.15, 0.2) is 0 Å². The normalized spacial score (nSPS) is 25.1. The van der Waals surface area contributed by atoms with Crippen LogP contribution in [-0.4, -0.2) is 96.9 Å². The van der Waals surface area contributed by atoms with Gasteiger partial charge in [0.1, 0.15) is 24.0 Å². The van der Waals surface area contributed by atoms with Crippen molar-refractivity contribution in [3.05, 3.63) is 87.9 Å². The number of fused-ring (bicyclic) bond motifs is 1. The molecule has 0 aromatic heterocycles. The first-order chi connectivity index (χ1) is 28.6. The molecule has 0 bridgehead atoms. The number of nitriles is 2. The van der Waals surface area contributed by atoms with Crippen LogP contribution in [0.5, 0.6) is 5.75 Å². The molecule has 0 unspecified atom stereocenters. The summed E-state index contributed by atoms with van der Waals surface area (Å²) in [5, 5.41) is 25.1. The number of benzene rings is 3. The second-order valence-electron chi connectivity index (χ2n) is 18.1. The summed E-state index contributed by atoms with van der Waals surface area (Å²) in [5.41, 5.74) is 2.00. The molecule has 4 heterocycles. The zero-order valence-electron chi connectivity index (χ0n) is 34.6. The van der Waals surface area contributed by atoms with Crippen LogP contribution < -0.4 is 25.2 Å². The molecule has 2 N–H and O–H groups in total. The van der Waals surface area contributed by atoms with Crippen molar-refractivity contribution in [2.45, 2.75) is 77.6 Å². The molecular formula is C46H51ClN8O5. The molecular weight excluding hydrogens is 780 g/mol. The first kappa shape index (κ1) is 41.1. The van der Waals surface area contributed by atoms with Crippen molar-refractivity contribution in [1.82, 2.24) is 20.4 Å². The first-order valence-electron chi connectivity index (χ1n) is 20.8. The predicted molar refractivity (Wildman–Crippen MR) is 226 cm³/mol. The molecule has 5 aliphatic rings. The van der Waals surface area contributed by atoms with Crippen molar-refractivity contribution in [1.29, 1.82) is 10.5 Å². The number of piperidine rings is 2. The number of nitrogens with zero attached hydrogens (tertiary/aromatic N) is 6. The van der Waals surface area contributed by atoms with Crippen molar-refractivity contribution in [3.63, 3.8) is 0 Å². The average Bonchev–Trinajstić information content (AvgIpc) is 3.58. The highest BCUT2D eigenvalue weighted by Crippen LogP contribution is 2.55. The summed E-state index contributed by atoms with van der Waals surface area (Å²) < 4.78 is 6.39. The number of rotatable bonds is 9. The van der Waals surface area contributed by atoms with Crippen LogP contribution in [0.1, 0.15) is 85.2 Å². The third-order valence-corrected chi connectivity index (χ3v) is 14.0. The number of anilines is 2. The van der Waals surface area contributed by atoms with E-state index in [-0.39, 0.29) is 54.2 Å². The molecule has 4 amide bonds. The minimum Gasteiger partial charge on any atom is -0.489 e. The Kier molecular flexibility index (Phi) is 10.8. The van der Waals surface area contributed by atoms with E-state index in [9.17, 15) is 29.7 Å². The summed E-state index contributed by atoms with van der Waals surface area (Å²) in [6, 6.07) is 22.8. The Morgan fingerprint density at radius 3 is 2.18 bits per heavy atom. The fourth-order valence-corrected chi connectivity index (χ4v) is 10.7. The SMILES string of the molecule is CC1(C)C(NC(=O)c2ccc(N3CCC(CN4CCN(c5ccc6c(c5)C(=O)N([C@@]5(C#N)CCC(=O)NC5=O)C6)CC4)CC3)cc2)C(C)(C)C1Oc1ccc(C#N)c(Cl)c1. The minimum atomic E-state index is -1.69. The molecule has 0 spiro atoms. The highest BCUT2D eigenvalue weighted by Gasteiger charge is 2.64. The summed E-state index contributed by atoms with van der Waals surface area (Å²) in [7, 11) is 0. The lowest BCUT2D eigenvalue weighted by atomic mass is 9.49. The Balaban J connectivity index is 0.791. The maximum absolute atomic E-state index is 13.6. The monoisotopic (exact) mass is 830 g/mol. The lowest BCUT2D eigenvalue weighted by Gasteiger charge is -2.63.